The number of ether oxygens (including phenoxy) is 1. The fraction of sp³-hybridized carbons (Fsp3) is 0.0625. The average molecular weight is 325 g/mol. The zero-order valence-electron chi connectivity index (χ0n) is 12.5. The van der Waals surface area contributed by atoms with Gasteiger partial charge < -0.3 is 10.1 Å². The number of esters is 1. The highest BCUT2D eigenvalue weighted by molar-refractivity contribution is 6.54. The van der Waals surface area contributed by atoms with Crippen LogP contribution in [0.5, 0.6) is 0 Å². The Morgan fingerprint density at radius 2 is 2.00 bits per heavy atom. The molecule has 2 aromatic rings. The molecule has 120 valence electrons. The number of carbonyl (C=O) groups is 2. The van der Waals surface area contributed by atoms with Crippen molar-refractivity contribution in [1.29, 1.82) is 0 Å². The Morgan fingerprint density at radius 3 is 2.71 bits per heavy atom. The largest absolute Gasteiger partial charge is 0.465 e. The maximum Gasteiger partial charge on any atom is 0.340 e. The molecule has 0 fully saturated rings. The SMILES string of the molecule is COC(=O)c1ccccc1N=C1C(=O)Nc2ccc([N+](=O)[O-])cc21. The van der Waals surface area contributed by atoms with Gasteiger partial charge in [0.1, 0.15) is 5.71 Å². The van der Waals surface area contributed by atoms with Crippen molar-refractivity contribution in [2.45, 2.75) is 0 Å². The standard InChI is InChI=1S/C16H11N3O5/c1-24-16(21)10-4-2-3-5-12(10)17-14-11-8-9(19(22)23)6-7-13(11)18-15(14)20/h2-8H,1H3,(H,17,18,20). The lowest BCUT2D eigenvalue weighted by Crippen LogP contribution is -2.14. The molecule has 0 aliphatic carbocycles. The number of non-ortho nitro benzene ring substituents is 1. The number of anilines is 1. The van der Waals surface area contributed by atoms with Crippen LogP contribution in [0.4, 0.5) is 17.1 Å². The summed E-state index contributed by atoms with van der Waals surface area (Å²) in [6, 6.07) is 10.4. The highest BCUT2D eigenvalue weighted by Gasteiger charge is 2.28. The van der Waals surface area contributed by atoms with E-state index in [1.807, 2.05) is 0 Å². The van der Waals surface area contributed by atoms with Crippen LogP contribution in [0.3, 0.4) is 0 Å². The molecule has 8 heteroatoms. The number of nitrogens with zero attached hydrogens (tertiary/aromatic N) is 2. The average Bonchev–Trinajstić information content (AvgIpc) is 2.89. The van der Waals surface area contributed by atoms with E-state index < -0.39 is 16.8 Å². The van der Waals surface area contributed by atoms with Crippen molar-refractivity contribution in [3.8, 4) is 0 Å². The van der Waals surface area contributed by atoms with E-state index in [0.717, 1.165) is 0 Å². The molecule has 0 atom stereocenters. The van der Waals surface area contributed by atoms with Crippen LogP contribution in [0.25, 0.3) is 0 Å². The maximum atomic E-state index is 12.1. The second-order valence-electron chi connectivity index (χ2n) is 4.91. The first-order valence-electron chi connectivity index (χ1n) is 6.87. The van der Waals surface area contributed by atoms with Gasteiger partial charge in [-0.05, 0) is 18.2 Å². The lowest BCUT2D eigenvalue weighted by molar-refractivity contribution is -0.384. The predicted octanol–water partition coefficient (Wildman–Crippen LogP) is 2.45. The summed E-state index contributed by atoms with van der Waals surface area (Å²) in [6.45, 7) is 0. The zero-order valence-corrected chi connectivity index (χ0v) is 12.5. The van der Waals surface area contributed by atoms with Crippen molar-refractivity contribution in [2.24, 2.45) is 4.99 Å². The van der Waals surface area contributed by atoms with E-state index in [4.69, 9.17) is 4.74 Å². The summed E-state index contributed by atoms with van der Waals surface area (Å²) in [7, 11) is 1.24. The van der Waals surface area contributed by atoms with Crippen molar-refractivity contribution < 1.29 is 19.2 Å². The number of fused-ring (bicyclic) bond motifs is 1. The summed E-state index contributed by atoms with van der Waals surface area (Å²) >= 11 is 0. The van der Waals surface area contributed by atoms with Crippen LogP contribution in [0.1, 0.15) is 15.9 Å². The lowest BCUT2D eigenvalue weighted by Gasteiger charge is -2.04. The number of benzene rings is 2. The van der Waals surface area contributed by atoms with Crippen LogP contribution in [-0.4, -0.2) is 29.6 Å². The molecule has 0 aromatic heterocycles. The van der Waals surface area contributed by atoms with Crippen LogP contribution >= 0.6 is 0 Å². The molecular weight excluding hydrogens is 314 g/mol. The van der Waals surface area contributed by atoms with E-state index in [1.54, 1.807) is 18.2 Å². The van der Waals surface area contributed by atoms with Gasteiger partial charge in [-0.25, -0.2) is 9.79 Å². The Hall–Kier alpha value is -3.55. The molecule has 0 saturated heterocycles. The van der Waals surface area contributed by atoms with Gasteiger partial charge in [0.25, 0.3) is 11.6 Å². The number of nitro groups is 1. The fourth-order valence-electron chi connectivity index (χ4n) is 2.34. The van der Waals surface area contributed by atoms with Gasteiger partial charge >= 0.3 is 5.97 Å². The van der Waals surface area contributed by atoms with Gasteiger partial charge in [-0.3, -0.25) is 14.9 Å². The van der Waals surface area contributed by atoms with Crippen LogP contribution in [0.2, 0.25) is 0 Å². The number of nitrogens with one attached hydrogen (secondary N) is 1. The first-order valence-corrected chi connectivity index (χ1v) is 6.87. The molecule has 0 saturated carbocycles. The molecule has 0 spiro atoms. The van der Waals surface area contributed by atoms with E-state index in [-0.39, 0.29) is 22.6 Å². The molecule has 1 aliphatic heterocycles. The number of carbonyl (C=O) groups excluding carboxylic acids is 2. The first-order chi connectivity index (χ1) is 11.5. The summed E-state index contributed by atoms with van der Waals surface area (Å²) in [6.07, 6.45) is 0. The molecule has 8 nitrogen and oxygen atoms in total. The van der Waals surface area contributed by atoms with E-state index >= 15 is 0 Å². The monoisotopic (exact) mass is 325 g/mol. The Kier molecular flexibility index (Phi) is 3.78. The van der Waals surface area contributed by atoms with E-state index in [1.165, 1.54) is 31.4 Å². The van der Waals surface area contributed by atoms with Gasteiger partial charge in [0.2, 0.25) is 0 Å². The van der Waals surface area contributed by atoms with Gasteiger partial charge in [0.15, 0.2) is 0 Å². The van der Waals surface area contributed by atoms with Crippen LogP contribution in [0.15, 0.2) is 47.5 Å². The molecule has 1 aliphatic rings. The number of hydrogen-bond donors (Lipinski definition) is 1. The smallest absolute Gasteiger partial charge is 0.340 e. The third kappa shape index (κ3) is 2.60. The third-order valence-electron chi connectivity index (χ3n) is 3.47. The van der Waals surface area contributed by atoms with Gasteiger partial charge in [0.05, 0.1) is 29.0 Å². The van der Waals surface area contributed by atoms with Crippen molar-refractivity contribution in [3.05, 3.63) is 63.7 Å². The van der Waals surface area contributed by atoms with Crippen LogP contribution < -0.4 is 5.32 Å². The van der Waals surface area contributed by atoms with Crippen molar-refractivity contribution in [2.75, 3.05) is 12.4 Å². The molecule has 0 bridgehead atoms. The summed E-state index contributed by atoms with van der Waals surface area (Å²) in [5, 5.41) is 13.5. The number of methoxy groups -OCH3 is 1. The normalized spacial score (nSPS) is 14.2. The molecule has 1 heterocycles. The summed E-state index contributed by atoms with van der Waals surface area (Å²) in [5.41, 5.74) is 1.03. The molecule has 1 N–H and O–H groups in total. The van der Waals surface area contributed by atoms with Gasteiger partial charge in [-0.15, -0.1) is 0 Å². The number of amides is 1. The minimum absolute atomic E-state index is 0.00468. The third-order valence-corrected chi connectivity index (χ3v) is 3.47. The number of hydrogen-bond acceptors (Lipinski definition) is 6. The minimum Gasteiger partial charge on any atom is -0.465 e. The zero-order chi connectivity index (χ0) is 17.3. The molecule has 3 rings (SSSR count). The van der Waals surface area contributed by atoms with Gasteiger partial charge in [0, 0.05) is 17.7 Å². The number of para-hydroxylation sites is 1. The molecule has 0 unspecified atom stereocenters. The Morgan fingerprint density at radius 1 is 1.25 bits per heavy atom. The molecule has 2 aromatic carbocycles. The van der Waals surface area contributed by atoms with E-state index in [0.29, 0.717) is 11.3 Å². The van der Waals surface area contributed by atoms with Gasteiger partial charge in [-0.2, -0.15) is 0 Å². The fourth-order valence-corrected chi connectivity index (χ4v) is 2.34. The lowest BCUT2D eigenvalue weighted by atomic mass is 10.1. The predicted molar refractivity (Wildman–Crippen MR) is 85.7 cm³/mol. The van der Waals surface area contributed by atoms with Gasteiger partial charge in [-0.1, -0.05) is 12.1 Å². The second kappa shape index (κ2) is 5.92. The Bertz CT molecular complexity index is 904. The summed E-state index contributed by atoms with van der Waals surface area (Å²) in [5.74, 6) is -1.09. The van der Waals surface area contributed by atoms with Crippen molar-refractivity contribution >= 4 is 34.7 Å². The molecule has 24 heavy (non-hydrogen) atoms. The molecular formula is C16H11N3O5. The van der Waals surface area contributed by atoms with Crippen molar-refractivity contribution in [1.82, 2.24) is 0 Å². The highest BCUT2D eigenvalue weighted by atomic mass is 16.6. The van der Waals surface area contributed by atoms with Crippen LogP contribution in [0, 0.1) is 10.1 Å². The van der Waals surface area contributed by atoms with E-state index in [9.17, 15) is 19.7 Å². The summed E-state index contributed by atoms with van der Waals surface area (Å²) < 4.78 is 4.69. The summed E-state index contributed by atoms with van der Waals surface area (Å²) in [4.78, 5) is 38.5. The Balaban J connectivity index is 2.13. The number of rotatable bonds is 3. The van der Waals surface area contributed by atoms with Crippen LogP contribution in [-0.2, 0) is 9.53 Å². The molecule has 0 radical (unpaired) electrons. The minimum atomic E-state index is -0.590. The van der Waals surface area contributed by atoms with Crippen molar-refractivity contribution in [3.63, 3.8) is 0 Å². The molecule has 1 amide bonds. The first kappa shape index (κ1) is 15.3. The second-order valence-corrected chi connectivity index (χ2v) is 4.91. The topological polar surface area (TPSA) is 111 Å². The Labute approximate surface area is 135 Å². The highest BCUT2D eigenvalue weighted by Crippen LogP contribution is 2.30. The number of aliphatic imine (C=N–C) groups is 1. The number of nitro benzene ring substituents is 1. The van der Waals surface area contributed by atoms with E-state index in [2.05, 4.69) is 10.3 Å². The quantitative estimate of drug-likeness (QED) is 0.529. The maximum absolute atomic E-state index is 12.1.